The van der Waals surface area contributed by atoms with Crippen LogP contribution in [-0.2, 0) is 0 Å². The molecule has 0 aromatic carbocycles. The molecule has 1 unspecified atom stereocenters. The molecule has 0 aromatic rings. The van der Waals surface area contributed by atoms with Gasteiger partial charge in [0.1, 0.15) is 0 Å². The van der Waals surface area contributed by atoms with Crippen LogP contribution in [0.15, 0.2) is 11.6 Å². The highest BCUT2D eigenvalue weighted by Gasteiger charge is 2.53. The van der Waals surface area contributed by atoms with Crippen LogP contribution in [0.25, 0.3) is 0 Å². The molecule has 0 amide bonds. The van der Waals surface area contributed by atoms with Crippen molar-refractivity contribution in [3.8, 4) is 0 Å². The number of fused-ring (bicyclic) bond motifs is 3. The van der Waals surface area contributed by atoms with Gasteiger partial charge in [-0.2, -0.15) is 0 Å². The third kappa shape index (κ3) is 2.08. The van der Waals surface area contributed by atoms with Crippen LogP contribution in [0, 0.1) is 28.1 Å². The van der Waals surface area contributed by atoms with E-state index in [0.717, 1.165) is 18.3 Å². The second-order valence-electron chi connectivity index (χ2n) is 9.12. The third-order valence-electron chi connectivity index (χ3n) is 7.07. The molecule has 0 heterocycles. The molecule has 1 nitrogen and oxygen atoms in total. The minimum absolute atomic E-state index is 0.140. The molecule has 20 heavy (non-hydrogen) atoms. The summed E-state index contributed by atoms with van der Waals surface area (Å²) < 4.78 is 0. The fourth-order valence-electron chi connectivity index (χ4n) is 5.94. The SMILES string of the molecule is CC1(C)CCC[C@@]2(C)C3=CC[C@](C)(CO)CC3CC[C@H]12. The Morgan fingerprint density at radius 1 is 1.15 bits per heavy atom. The van der Waals surface area contributed by atoms with Crippen LogP contribution in [0.4, 0.5) is 0 Å². The van der Waals surface area contributed by atoms with Gasteiger partial charge in [0.2, 0.25) is 0 Å². The Morgan fingerprint density at radius 3 is 2.60 bits per heavy atom. The van der Waals surface area contributed by atoms with Gasteiger partial charge in [0.05, 0.1) is 0 Å². The second kappa shape index (κ2) is 4.60. The van der Waals surface area contributed by atoms with Crippen molar-refractivity contribution in [2.24, 2.45) is 28.1 Å². The van der Waals surface area contributed by atoms with Crippen molar-refractivity contribution in [2.45, 2.75) is 72.6 Å². The van der Waals surface area contributed by atoms with E-state index in [4.69, 9.17) is 0 Å². The van der Waals surface area contributed by atoms with Crippen LogP contribution in [0.5, 0.6) is 0 Å². The van der Waals surface area contributed by atoms with Crippen molar-refractivity contribution in [3.63, 3.8) is 0 Å². The Bertz CT molecular complexity index is 421. The number of allylic oxidation sites excluding steroid dienone is 2. The lowest BCUT2D eigenvalue weighted by Crippen LogP contribution is -2.49. The van der Waals surface area contributed by atoms with E-state index in [1.807, 2.05) is 0 Å². The molecule has 0 aromatic heterocycles. The minimum Gasteiger partial charge on any atom is -0.396 e. The Labute approximate surface area is 124 Å². The molecule has 1 N–H and O–H groups in total. The van der Waals surface area contributed by atoms with Gasteiger partial charge >= 0.3 is 0 Å². The van der Waals surface area contributed by atoms with Crippen LogP contribution in [0.1, 0.15) is 72.6 Å². The van der Waals surface area contributed by atoms with Crippen LogP contribution in [0.3, 0.4) is 0 Å². The van der Waals surface area contributed by atoms with Crippen LogP contribution < -0.4 is 0 Å². The van der Waals surface area contributed by atoms with Gasteiger partial charge in [-0.05, 0) is 66.6 Å². The van der Waals surface area contributed by atoms with E-state index in [1.54, 1.807) is 5.57 Å². The van der Waals surface area contributed by atoms with Crippen LogP contribution in [-0.4, -0.2) is 11.7 Å². The summed E-state index contributed by atoms with van der Waals surface area (Å²) in [6, 6.07) is 0. The summed E-state index contributed by atoms with van der Waals surface area (Å²) in [4.78, 5) is 0. The topological polar surface area (TPSA) is 20.2 Å². The molecule has 2 saturated carbocycles. The Balaban J connectivity index is 1.95. The highest BCUT2D eigenvalue weighted by molar-refractivity contribution is 5.27. The van der Waals surface area contributed by atoms with Gasteiger partial charge in [-0.1, -0.05) is 45.8 Å². The van der Waals surface area contributed by atoms with Gasteiger partial charge in [-0.15, -0.1) is 0 Å². The monoisotopic (exact) mass is 276 g/mol. The molecule has 0 bridgehead atoms. The average Bonchev–Trinajstić information content (AvgIpc) is 2.37. The molecule has 4 atom stereocenters. The molecule has 3 aliphatic rings. The summed E-state index contributed by atoms with van der Waals surface area (Å²) >= 11 is 0. The third-order valence-corrected chi connectivity index (χ3v) is 7.07. The molecule has 0 aliphatic heterocycles. The molecular weight excluding hydrogens is 244 g/mol. The van der Waals surface area contributed by atoms with Crippen molar-refractivity contribution < 1.29 is 5.11 Å². The zero-order valence-electron chi connectivity index (χ0n) is 13.8. The van der Waals surface area contributed by atoms with Crippen LogP contribution >= 0.6 is 0 Å². The zero-order valence-corrected chi connectivity index (χ0v) is 13.8. The molecule has 114 valence electrons. The van der Waals surface area contributed by atoms with E-state index in [-0.39, 0.29) is 5.41 Å². The van der Waals surface area contributed by atoms with Gasteiger partial charge in [0.25, 0.3) is 0 Å². The Kier molecular flexibility index (Phi) is 3.36. The molecule has 3 rings (SSSR count). The predicted octanol–water partition coefficient (Wildman–Crippen LogP) is 4.95. The number of aliphatic hydroxyl groups is 1. The van der Waals surface area contributed by atoms with Crippen molar-refractivity contribution in [2.75, 3.05) is 6.61 Å². The van der Waals surface area contributed by atoms with Gasteiger partial charge in [-0.3, -0.25) is 0 Å². The molecule has 0 spiro atoms. The number of hydrogen-bond donors (Lipinski definition) is 1. The maximum atomic E-state index is 9.69. The Morgan fingerprint density at radius 2 is 1.90 bits per heavy atom. The van der Waals surface area contributed by atoms with E-state index in [0.29, 0.717) is 17.4 Å². The lowest BCUT2D eigenvalue weighted by Gasteiger charge is -2.58. The standard InChI is InChI=1S/C19H32O/c1-17(2)9-5-10-19(4)15-8-11-18(3,13-20)12-14(15)6-7-16(17)19/h8,14,16,20H,5-7,9-13H2,1-4H3/t14?,16-,18+,19+/m1/s1. The smallest absolute Gasteiger partial charge is 0.0487 e. The summed E-state index contributed by atoms with van der Waals surface area (Å²) in [6.45, 7) is 10.2. The van der Waals surface area contributed by atoms with E-state index >= 15 is 0 Å². The molecule has 0 radical (unpaired) electrons. The maximum absolute atomic E-state index is 9.69. The van der Waals surface area contributed by atoms with E-state index in [2.05, 4.69) is 33.8 Å². The zero-order chi connectivity index (χ0) is 14.6. The predicted molar refractivity (Wildman–Crippen MR) is 84.5 cm³/mol. The summed E-state index contributed by atoms with van der Waals surface area (Å²) in [5.41, 5.74) is 2.87. The van der Waals surface area contributed by atoms with Crippen molar-refractivity contribution in [1.82, 2.24) is 0 Å². The quantitative estimate of drug-likeness (QED) is 0.672. The fourth-order valence-corrected chi connectivity index (χ4v) is 5.94. The largest absolute Gasteiger partial charge is 0.396 e. The van der Waals surface area contributed by atoms with E-state index in [9.17, 15) is 5.11 Å². The van der Waals surface area contributed by atoms with Crippen molar-refractivity contribution in [3.05, 3.63) is 11.6 Å². The van der Waals surface area contributed by atoms with E-state index < -0.39 is 0 Å². The number of rotatable bonds is 1. The summed E-state index contributed by atoms with van der Waals surface area (Å²) in [5, 5.41) is 9.69. The molecular formula is C19H32O. The highest BCUT2D eigenvalue weighted by Crippen LogP contribution is 2.63. The first-order chi connectivity index (χ1) is 9.31. The summed E-state index contributed by atoms with van der Waals surface area (Å²) in [6.07, 6.45) is 11.8. The number of aliphatic hydroxyl groups excluding tert-OH is 1. The number of hydrogen-bond acceptors (Lipinski definition) is 1. The molecule has 1 heteroatoms. The van der Waals surface area contributed by atoms with Gasteiger partial charge in [-0.25, -0.2) is 0 Å². The first-order valence-electron chi connectivity index (χ1n) is 8.62. The molecule has 0 saturated heterocycles. The Hall–Kier alpha value is -0.300. The summed E-state index contributed by atoms with van der Waals surface area (Å²) in [5.74, 6) is 1.61. The summed E-state index contributed by atoms with van der Waals surface area (Å²) in [7, 11) is 0. The highest BCUT2D eigenvalue weighted by atomic mass is 16.3. The lowest BCUT2D eigenvalue weighted by atomic mass is 9.46. The lowest BCUT2D eigenvalue weighted by molar-refractivity contribution is -0.0214. The fraction of sp³-hybridized carbons (Fsp3) is 0.895. The van der Waals surface area contributed by atoms with Gasteiger partial charge < -0.3 is 5.11 Å². The van der Waals surface area contributed by atoms with Crippen LogP contribution in [0.2, 0.25) is 0 Å². The average molecular weight is 276 g/mol. The first-order valence-corrected chi connectivity index (χ1v) is 8.62. The first kappa shape index (κ1) is 14.6. The van der Waals surface area contributed by atoms with E-state index in [1.165, 1.54) is 38.5 Å². The molecule has 2 fully saturated rings. The normalized spacial score (nSPS) is 47.1. The maximum Gasteiger partial charge on any atom is 0.0487 e. The van der Waals surface area contributed by atoms with Crippen molar-refractivity contribution in [1.29, 1.82) is 0 Å². The van der Waals surface area contributed by atoms with Gasteiger partial charge in [0.15, 0.2) is 0 Å². The second-order valence-corrected chi connectivity index (χ2v) is 9.12. The minimum atomic E-state index is 0.140. The molecule has 3 aliphatic carbocycles. The van der Waals surface area contributed by atoms with Crippen molar-refractivity contribution >= 4 is 0 Å². The van der Waals surface area contributed by atoms with Gasteiger partial charge in [0, 0.05) is 6.61 Å².